The molecular formula is C21H31NO3. The number of ether oxygens (including phenoxy) is 1. The van der Waals surface area contributed by atoms with E-state index in [0.29, 0.717) is 23.2 Å². The quantitative estimate of drug-likeness (QED) is 0.433. The molecule has 2 saturated carbocycles. The van der Waals surface area contributed by atoms with E-state index in [-0.39, 0.29) is 11.7 Å². The first kappa shape index (κ1) is 17.3. The minimum atomic E-state index is -1.56. The highest BCUT2D eigenvalue weighted by Gasteiger charge is 2.64. The summed E-state index contributed by atoms with van der Waals surface area (Å²) in [5, 5.41) is 11.1. The first-order valence-electron chi connectivity index (χ1n) is 9.79. The van der Waals surface area contributed by atoms with Gasteiger partial charge in [-0.2, -0.15) is 0 Å². The van der Waals surface area contributed by atoms with Crippen LogP contribution in [-0.4, -0.2) is 16.8 Å². The summed E-state index contributed by atoms with van der Waals surface area (Å²) in [5.41, 5.74) is 4.69. The molecule has 138 valence electrons. The van der Waals surface area contributed by atoms with Crippen LogP contribution in [0.15, 0.2) is 24.0 Å². The van der Waals surface area contributed by atoms with E-state index in [1.54, 1.807) is 0 Å². The lowest BCUT2D eigenvalue weighted by Gasteiger charge is -2.59. The van der Waals surface area contributed by atoms with Crippen molar-refractivity contribution in [2.24, 2.45) is 40.2 Å². The predicted molar refractivity (Wildman–Crippen MR) is 96.0 cm³/mol. The van der Waals surface area contributed by atoms with E-state index >= 15 is 0 Å². The average molecular weight is 345 g/mol. The zero-order chi connectivity index (χ0) is 18.0. The van der Waals surface area contributed by atoms with Gasteiger partial charge in [0.15, 0.2) is 11.5 Å². The molecule has 4 aliphatic rings. The number of fused-ring (bicyclic) bond motifs is 5. The maximum Gasteiger partial charge on any atom is 0.307 e. The minimum absolute atomic E-state index is 0.180. The minimum Gasteiger partial charge on any atom is -0.427 e. The summed E-state index contributed by atoms with van der Waals surface area (Å²) < 4.78 is 5.33. The molecule has 0 aliphatic heterocycles. The van der Waals surface area contributed by atoms with Crippen LogP contribution >= 0.6 is 0 Å². The zero-order valence-corrected chi connectivity index (χ0v) is 15.6. The van der Waals surface area contributed by atoms with Gasteiger partial charge in [0, 0.05) is 12.3 Å². The summed E-state index contributed by atoms with van der Waals surface area (Å²) in [6.07, 6.45) is 13.6. The lowest BCUT2D eigenvalue weighted by Crippen LogP contribution is -2.60. The molecule has 0 aromatic rings. The Morgan fingerprint density at radius 2 is 2.04 bits per heavy atom. The highest BCUT2D eigenvalue weighted by Crippen LogP contribution is 2.66. The molecule has 0 bridgehead atoms. The molecule has 0 aromatic carbocycles. The normalized spacial score (nSPS) is 51.2. The number of rotatable bonds is 1. The van der Waals surface area contributed by atoms with Crippen LogP contribution in [0.25, 0.3) is 0 Å². The Bertz CT molecular complexity index is 652. The second-order valence-electron chi connectivity index (χ2n) is 9.30. The first-order valence-corrected chi connectivity index (χ1v) is 9.79. The summed E-state index contributed by atoms with van der Waals surface area (Å²) in [5.74, 6) is 1.87. The second-order valence-corrected chi connectivity index (χ2v) is 9.30. The molecule has 25 heavy (non-hydrogen) atoms. The van der Waals surface area contributed by atoms with E-state index in [2.05, 4.69) is 26.0 Å². The number of nitrogens with two attached hydrogens (primary N) is 1. The molecule has 3 N–H and O–H groups in total. The molecule has 0 amide bonds. The Morgan fingerprint density at radius 1 is 1.28 bits per heavy atom. The summed E-state index contributed by atoms with van der Waals surface area (Å²) >= 11 is 0. The Labute approximate surface area is 150 Å². The predicted octanol–water partition coefficient (Wildman–Crippen LogP) is 3.51. The summed E-state index contributed by atoms with van der Waals surface area (Å²) in [6, 6.07) is 0. The third kappa shape index (κ3) is 2.23. The largest absolute Gasteiger partial charge is 0.427 e. The SMILES string of the molecule is CC(=O)OC1=C[C@H]2[C@@H]3CCC4C=CCC[C@]4(C)[C@@H]3CC[C@]2(C)C1(N)O. The van der Waals surface area contributed by atoms with Crippen LogP contribution in [0.5, 0.6) is 0 Å². The van der Waals surface area contributed by atoms with Crippen LogP contribution < -0.4 is 5.73 Å². The third-order valence-corrected chi connectivity index (χ3v) is 8.24. The van der Waals surface area contributed by atoms with E-state index in [4.69, 9.17) is 10.5 Å². The fourth-order valence-electron chi connectivity index (χ4n) is 6.67. The molecule has 4 nitrogen and oxygen atoms in total. The maximum absolute atomic E-state index is 11.5. The molecule has 0 radical (unpaired) electrons. The van der Waals surface area contributed by atoms with Crippen LogP contribution in [0.3, 0.4) is 0 Å². The van der Waals surface area contributed by atoms with Crippen molar-refractivity contribution in [3.05, 3.63) is 24.0 Å². The lowest BCUT2D eigenvalue weighted by atomic mass is 9.45. The molecule has 2 unspecified atom stereocenters. The van der Waals surface area contributed by atoms with Gasteiger partial charge in [0.2, 0.25) is 0 Å². The number of carbonyl (C=O) groups excluding carboxylic acids is 1. The van der Waals surface area contributed by atoms with Crippen LogP contribution in [-0.2, 0) is 9.53 Å². The molecule has 4 aliphatic carbocycles. The standard InChI is InChI=1S/C21H31NO3/c1-13(23)25-18-12-17-15-8-7-14-6-4-5-10-19(14,2)16(15)9-11-20(17,3)21(18,22)24/h4,6,12,14-17,24H,5,7-11,22H2,1-3H3/t14?,15-,16-,17+,19+,20+,21?/m1/s1. The van der Waals surface area contributed by atoms with Gasteiger partial charge in [0.1, 0.15) is 0 Å². The number of allylic oxidation sites excluding steroid dienone is 3. The van der Waals surface area contributed by atoms with Crippen molar-refractivity contribution in [1.29, 1.82) is 0 Å². The number of hydrogen-bond donors (Lipinski definition) is 2. The molecule has 0 aromatic heterocycles. The van der Waals surface area contributed by atoms with Gasteiger partial charge in [-0.3, -0.25) is 10.5 Å². The Balaban J connectivity index is 1.70. The van der Waals surface area contributed by atoms with Crippen molar-refractivity contribution in [1.82, 2.24) is 0 Å². The Hall–Kier alpha value is -1.13. The monoisotopic (exact) mass is 345 g/mol. The van der Waals surface area contributed by atoms with Crippen molar-refractivity contribution in [2.45, 2.75) is 65.0 Å². The second kappa shape index (κ2) is 5.43. The average Bonchev–Trinajstić information content (AvgIpc) is 2.74. The van der Waals surface area contributed by atoms with E-state index in [9.17, 15) is 9.90 Å². The van der Waals surface area contributed by atoms with Crippen molar-refractivity contribution in [2.75, 3.05) is 0 Å². The summed E-state index contributed by atoms with van der Waals surface area (Å²) in [7, 11) is 0. The first-order chi connectivity index (χ1) is 11.7. The fourth-order valence-corrected chi connectivity index (χ4v) is 6.67. The van der Waals surface area contributed by atoms with Gasteiger partial charge in [-0.15, -0.1) is 0 Å². The van der Waals surface area contributed by atoms with Gasteiger partial charge in [-0.25, -0.2) is 0 Å². The van der Waals surface area contributed by atoms with E-state index in [1.807, 2.05) is 6.08 Å². The van der Waals surface area contributed by atoms with Crippen LogP contribution in [0.2, 0.25) is 0 Å². The van der Waals surface area contributed by atoms with Crippen molar-refractivity contribution in [3.63, 3.8) is 0 Å². The lowest BCUT2D eigenvalue weighted by molar-refractivity contribution is -0.155. The maximum atomic E-state index is 11.5. The van der Waals surface area contributed by atoms with Crippen LogP contribution in [0.4, 0.5) is 0 Å². The number of hydrogen-bond acceptors (Lipinski definition) is 4. The fraction of sp³-hybridized carbons (Fsp3) is 0.762. The smallest absolute Gasteiger partial charge is 0.307 e. The highest BCUT2D eigenvalue weighted by molar-refractivity contribution is 5.68. The van der Waals surface area contributed by atoms with Gasteiger partial charge in [-0.1, -0.05) is 26.0 Å². The van der Waals surface area contributed by atoms with Gasteiger partial charge >= 0.3 is 5.97 Å². The zero-order valence-electron chi connectivity index (χ0n) is 15.6. The Morgan fingerprint density at radius 3 is 2.76 bits per heavy atom. The number of esters is 1. The molecule has 2 fully saturated rings. The molecule has 7 atom stereocenters. The molecule has 4 rings (SSSR count). The molecule has 0 saturated heterocycles. The van der Waals surface area contributed by atoms with E-state index in [0.717, 1.165) is 19.3 Å². The molecule has 0 heterocycles. The van der Waals surface area contributed by atoms with Crippen molar-refractivity contribution in [3.8, 4) is 0 Å². The number of carbonyl (C=O) groups is 1. The van der Waals surface area contributed by atoms with Gasteiger partial charge in [0.05, 0.1) is 0 Å². The molecule has 0 spiro atoms. The van der Waals surface area contributed by atoms with E-state index < -0.39 is 17.1 Å². The summed E-state index contributed by atoms with van der Waals surface area (Å²) in [4.78, 5) is 11.5. The van der Waals surface area contributed by atoms with Crippen molar-refractivity contribution >= 4 is 5.97 Å². The molecular weight excluding hydrogens is 314 g/mol. The van der Waals surface area contributed by atoms with Gasteiger partial charge in [0.25, 0.3) is 0 Å². The van der Waals surface area contributed by atoms with Crippen molar-refractivity contribution < 1.29 is 14.6 Å². The molecule has 4 heteroatoms. The van der Waals surface area contributed by atoms with Gasteiger partial charge < -0.3 is 9.84 Å². The summed E-state index contributed by atoms with van der Waals surface area (Å²) in [6.45, 7) is 5.92. The number of aliphatic hydroxyl groups is 1. The van der Waals surface area contributed by atoms with E-state index in [1.165, 1.54) is 26.2 Å². The van der Waals surface area contributed by atoms with Crippen LogP contribution in [0, 0.1) is 34.5 Å². The van der Waals surface area contributed by atoms with Gasteiger partial charge in [-0.05, 0) is 73.7 Å². The third-order valence-electron chi connectivity index (χ3n) is 8.24. The topological polar surface area (TPSA) is 72.5 Å². The van der Waals surface area contributed by atoms with Crippen LogP contribution in [0.1, 0.15) is 59.3 Å². The Kier molecular flexibility index (Phi) is 3.76. The highest BCUT2D eigenvalue weighted by atomic mass is 16.6.